The largest absolute Gasteiger partial charge is 0.493 e. The first-order valence-corrected chi connectivity index (χ1v) is 7.88. The Kier molecular flexibility index (Phi) is 8.66. The van der Waals surface area contributed by atoms with Crippen LogP contribution < -0.4 is 20.5 Å². The Hall–Kier alpha value is -2.01. The number of likely N-dealkylation sites (N-methyl/N-ethyl adjacent to an activating group) is 1. The van der Waals surface area contributed by atoms with Crippen molar-refractivity contribution < 1.29 is 9.47 Å². The number of hydrogen-bond donors (Lipinski definition) is 2. The van der Waals surface area contributed by atoms with E-state index in [1.165, 1.54) is 0 Å². The Morgan fingerprint density at radius 2 is 2.00 bits per heavy atom. The van der Waals surface area contributed by atoms with Gasteiger partial charge < -0.3 is 25.4 Å². The van der Waals surface area contributed by atoms with Gasteiger partial charge in [-0.3, -0.25) is 9.67 Å². The predicted molar refractivity (Wildman–Crippen MR) is 115 cm³/mol. The zero-order valence-electron chi connectivity index (χ0n) is 15.8. The average molecular weight is 474 g/mol. The number of hydrogen-bond acceptors (Lipinski definition) is 5. The molecule has 2 aromatic rings. The highest BCUT2D eigenvalue weighted by Crippen LogP contribution is 2.29. The molecule has 3 N–H and O–H groups in total. The summed E-state index contributed by atoms with van der Waals surface area (Å²) in [6.45, 7) is 0.519. The Balaban J connectivity index is 0.00000338. The third kappa shape index (κ3) is 5.77. The summed E-state index contributed by atoms with van der Waals surface area (Å²) >= 11 is 0. The Morgan fingerprint density at radius 3 is 2.54 bits per heavy atom. The van der Waals surface area contributed by atoms with Crippen molar-refractivity contribution in [3.8, 4) is 11.5 Å². The SMILES string of the molecule is COc1ccc(NC(N)=NCC(c2cnn(C)c2)N(C)C)cc1OC.I. The van der Waals surface area contributed by atoms with Crippen LogP contribution in [0, 0.1) is 0 Å². The lowest BCUT2D eigenvalue weighted by Crippen LogP contribution is -2.27. The monoisotopic (exact) mass is 474 g/mol. The predicted octanol–water partition coefficient (Wildman–Crippen LogP) is 2.08. The van der Waals surface area contributed by atoms with Gasteiger partial charge in [0.05, 0.1) is 33.0 Å². The molecule has 26 heavy (non-hydrogen) atoms. The van der Waals surface area contributed by atoms with E-state index < -0.39 is 0 Å². The van der Waals surface area contributed by atoms with E-state index in [4.69, 9.17) is 15.2 Å². The Bertz CT molecular complexity index is 732. The molecular weight excluding hydrogens is 447 g/mol. The fourth-order valence-electron chi connectivity index (χ4n) is 2.47. The zero-order valence-corrected chi connectivity index (χ0v) is 18.1. The van der Waals surface area contributed by atoms with Gasteiger partial charge in [-0.2, -0.15) is 5.10 Å². The maximum Gasteiger partial charge on any atom is 0.193 e. The quantitative estimate of drug-likeness (QED) is 0.363. The Morgan fingerprint density at radius 1 is 1.31 bits per heavy atom. The van der Waals surface area contributed by atoms with Gasteiger partial charge in [-0.1, -0.05) is 0 Å². The molecule has 9 heteroatoms. The number of nitrogens with two attached hydrogens (primary N) is 1. The van der Waals surface area contributed by atoms with Crippen LogP contribution in [-0.2, 0) is 7.05 Å². The van der Waals surface area contributed by atoms with Gasteiger partial charge in [-0.05, 0) is 26.2 Å². The summed E-state index contributed by atoms with van der Waals surface area (Å²) in [5, 5.41) is 7.29. The lowest BCUT2D eigenvalue weighted by molar-refractivity contribution is 0.306. The molecule has 1 aromatic heterocycles. The molecule has 0 bridgehead atoms. The van der Waals surface area contributed by atoms with Crippen LogP contribution in [0.5, 0.6) is 11.5 Å². The van der Waals surface area contributed by atoms with Crippen molar-refractivity contribution in [1.82, 2.24) is 14.7 Å². The summed E-state index contributed by atoms with van der Waals surface area (Å²) < 4.78 is 12.3. The highest BCUT2D eigenvalue weighted by molar-refractivity contribution is 14.0. The molecule has 1 atom stereocenters. The molecular formula is C17H27IN6O2. The summed E-state index contributed by atoms with van der Waals surface area (Å²) in [4.78, 5) is 6.54. The number of nitrogens with zero attached hydrogens (tertiary/aromatic N) is 4. The van der Waals surface area contributed by atoms with Gasteiger partial charge in [0.1, 0.15) is 0 Å². The van der Waals surface area contributed by atoms with Gasteiger partial charge in [0, 0.05) is 30.6 Å². The fourth-order valence-corrected chi connectivity index (χ4v) is 2.47. The van der Waals surface area contributed by atoms with Crippen LogP contribution >= 0.6 is 24.0 Å². The van der Waals surface area contributed by atoms with Gasteiger partial charge in [0.15, 0.2) is 17.5 Å². The van der Waals surface area contributed by atoms with Crippen LogP contribution in [0.3, 0.4) is 0 Å². The zero-order chi connectivity index (χ0) is 18.4. The van der Waals surface area contributed by atoms with Crippen molar-refractivity contribution in [3.05, 3.63) is 36.2 Å². The number of ether oxygens (including phenoxy) is 2. The summed E-state index contributed by atoms with van der Waals surface area (Å²) in [5.74, 6) is 1.62. The van der Waals surface area contributed by atoms with Crippen LogP contribution in [0.25, 0.3) is 0 Å². The molecule has 0 saturated carbocycles. The molecule has 0 spiro atoms. The number of anilines is 1. The first-order chi connectivity index (χ1) is 11.9. The van der Waals surface area contributed by atoms with Crippen LogP contribution in [0.4, 0.5) is 5.69 Å². The average Bonchev–Trinajstić information content (AvgIpc) is 3.00. The molecule has 0 radical (unpaired) electrons. The summed E-state index contributed by atoms with van der Waals surface area (Å²) in [7, 11) is 9.10. The molecule has 1 unspecified atom stereocenters. The number of nitrogens with one attached hydrogen (secondary N) is 1. The van der Waals surface area contributed by atoms with E-state index >= 15 is 0 Å². The molecule has 0 amide bonds. The molecule has 0 aliphatic rings. The van der Waals surface area contributed by atoms with Crippen LogP contribution in [0.15, 0.2) is 35.6 Å². The van der Waals surface area contributed by atoms with E-state index in [0.29, 0.717) is 24.0 Å². The van der Waals surface area contributed by atoms with E-state index in [2.05, 4.69) is 20.3 Å². The van der Waals surface area contributed by atoms with Crippen molar-refractivity contribution >= 4 is 35.6 Å². The maximum absolute atomic E-state index is 6.03. The minimum Gasteiger partial charge on any atom is -0.493 e. The topological polar surface area (TPSA) is 89.9 Å². The summed E-state index contributed by atoms with van der Waals surface area (Å²) in [5.41, 5.74) is 7.90. The first kappa shape index (κ1) is 22.0. The lowest BCUT2D eigenvalue weighted by atomic mass is 10.1. The highest BCUT2D eigenvalue weighted by atomic mass is 127. The van der Waals surface area contributed by atoms with E-state index in [1.54, 1.807) is 18.9 Å². The molecule has 2 rings (SSSR count). The minimum absolute atomic E-state index is 0. The van der Waals surface area contributed by atoms with Crippen LogP contribution in [0.1, 0.15) is 11.6 Å². The third-order valence-corrected chi connectivity index (χ3v) is 3.82. The second kappa shape index (κ2) is 10.2. The highest BCUT2D eigenvalue weighted by Gasteiger charge is 2.15. The maximum atomic E-state index is 6.03. The van der Waals surface area contributed by atoms with Gasteiger partial charge in [-0.25, -0.2) is 0 Å². The van der Waals surface area contributed by atoms with Crippen molar-refractivity contribution in [2.75, 3.05) is 40.2 Å². The normalized spacial score (nSPS) is 12.5. The van der Waals surface area contributed by atoms with Gasteiger partial charge in [0.25, 0.3) is 0 Å². The van der Waals surface area contributed by atoms with E-state index in [9.17, 15) is 0 Å². The molecule has 8 nitrogen and oxygen atoms in total. The molecule has 1 aromatic carbocycles. The number of halogens is 1. The Labute approximate surface area is 171 Å². The van der Waals surface area contributed by atoms with Gasteiger partial charge in [-0.15, -0.1) is 24.0 Å². The lowest BCUT2D eigenvalue weighted by Gasteiger charge is -2.21. The first-order valence-electron chi connectivity index (χ1n) is 7.88. The molecule has 0 aliphatic heterocycles. The smallest absolute Gasteiger partial charge is 0.193 e. The molecule has 1 heterocycles. The summed E-state index contributed by atoms with van der Waals surface area (Å²) in [6.07, 6.45) is 3.83. The van der Waals surface area contributed by atoms with Gasteiger partial charge in [0.2, 0.25) is 0 Å². The van der Waals surface area contributed by atoms with Crippen molar-refractivity contribution in [2.45, 2.75) is 6.04 Å². The number of rotatable bonds is 7. The van der Waals surface area contributed by atoms with Crippen molar-refractivity contribution in [2.24, 2.45) is 17.8 Å². The number of aliphatic imine (C=N–C) groups is 1. The van der Waals surface area contributed by atoms with Crippen LogP contribution in [0.2, 0.25) is 0 Å². The van der Waals surface area contributed by atoms with Crippen LogP contribution in [-0.4, -0.2) is 55.5 Å². The standard InChI is InChI=1S/C17H26N6O2.HI/c1-22(2)14(12-9-20-23(3)11-12)10-19-17(18)21-13-6-7-15(24-4)16(8-13)25-5;/h6-9,11,14H,10H2,1-5H3,(H3,18,19,21);1H. The van der Waals surface area contributed by atoms with Crippen molar-refractivity contribution in [1.29, 1.82) is 0 Å². The van der Waals surface area contributed by atoms with Gasteiger partial charge >= 0.3 is 0 Å². The van der Waals surface area contributed by atoms with E-state index in [0.717, 1.165) is 11.3 Å². The molecule has 0 saturated heterocycles. The fraction of sp³-hybridized carbons (Fsp3) is 0.412. The second-order valence-corrected chi connectivity index (χ2v) is 5.85. The molecule has 0 aliphatic carbocycles. The number of guanidine groups is 1. The number of methoxy groups -OCH3 is 2. The summed E-state index contributed by atoms with van der Waals surface area (Å²) in [6, 6.07) is 5.58. The number of aromatic nitrogens is 2. The molecule has 144 valence electrons. The van der Waals surface area contributed by atoms with Crippen molar-refractivity contribution in [3.63, 3.8) is 0 Å². The minimum atomic E-state index is 0. The number of aryl methyl sites for hydroxylation is 1. The molecule has 0 fully saturated rings. The van der Waals surface area contributed by atoms with E-state index in [-0.39, 0.29) is 30.0 Å². The number of benzene rings is 1. The third-order valence-electron chi connectivity index (χ3n) is 3.82. The second-order valence-electron chi connectivity index (χ2n) is 5.85. The van der Waals surface area contributed by atoms with E-state index in [1.807, 2.05) is 51.7 Å².